The molecule has 0 aromatic heterocycles. The Bertz CT molecular complexity index is 147. The lowest BCUT2D eigenvalue weighted by Crippen LogP contribution is -2.16. The second kappa shape index (κ2) is 3.93. The van der Waals surface area contributed by atoms with Gasteiger partial charge in [-0.25, -0.2) is 0 Å². The summed E-state index contributed by atoms with van der Waals surface area (Å²) in [4.78, 5) is 0. The summed E-state index contributed by atoms with van der Waals surface area (Å²) < 4.78 is 0. The number of allylic oxidation sites excluding steroid dienone is 1. The van der Waals surface area contributed by atoms with E-state index in [1.165, 1.54) is 0 Å². The second-order valence-corrected chi connectivity index (χ2v) is 2.46. The van der Waals surface area contributed by atoms with Gasteiger partial charge in [-0.05, 0) is 12.0 Å². The largest absolute Gasteiger partial charge is 0.391 e. The minimum absolute atomic E-state index is 0.0954. The summed E-state index contributed by atoms with van der Waals surface area (Å²) in [6.07, 6.45) is 1.63. The van der Waals surface area contributed by atoms with Crippen molar-refractivity contribution in [3.05, 3.63) is 11.8 Å². The third kappa shape index (κ3) is 3.12. The summed E-state index contributed by atoms with van der Waals surface area (Å²) in [5, 5.41) is 9.96. The highest BCUT2D eigenvalue weighted by molar-refractivity contribution is 5.89. The third-order valence-electron chi connectivity index (χ3n) is 1.22. The zero-order chi connectivity index (χ0) is 8.15. The fraction of sp³-hybridized carbons (Fsp3) is 0.571. The van der Waals surface area contributed by atoms with E-state index in [0.29, 0.717) is 5.92 Å². The van der Waals surface area contributed by atoms with Gasteiger partial charge in [-0.2, -0.15) is 0 Å². The maximum absolute atomic E-state index is 6.98. The van der Waals surface area contributed by atoms with Gasteiger partial charge in [-0.3, -0.25) is 5.41 Å². The molecular weight excluding hydrogens is 126 g/mol. The first-order chi connectivity index (χ1) is 4.57. The molecule has 0 aromatic rings. The monoisotopic (exact) mass is 141 g/mol. The van der Waals surface area contributed by atoms with Gasteiger partial charge in [0.2, 0.25) is 0 Å². The van der Waals surface area contributed by atoms with Crippen LogP contribution in [-0.4, -0.2) is 12.9 Å². The standard InChI is InChI=1S/C7H15N3/c1-5(2)6(10-3)4-7(8)9/h4-5,10H,1-3H3,(H3,8,9)/b6-4-. The van der Waals surface area contributed by atoms with Crippen LogP contribution < -0.4 is 11.1 Å². The first kappa shape index (κ1) is 9.01. The zero-order valence-electron chi connectivity index (χ0n) is 6.73. The summed E-state index contributed by atoms with van der Waals surface area (Å²) >= 11 is 0. The molecule has 0 saturated heterocycles. The molecule has 58 valence electrons. The zero-order valence-corrected chi connectivity index (χ0v) is 6.73. The number of hydrogen-bond donors (Lipinski definition) is 3. The molecule has 4 N–H and O–H groups in total. The van der Waals surface area contributed by atoms with Gasteiger partial charge in [0, 0.05) is 12.7 Å². The molecule has 0 heterocycles. The molecule has 0 aliphatic carbocycles. The summed E-state index contributed by atoms with van der Waals surface area (Å²) in [5.41, 5.74) is 6.17. The van der Waals surface area contributed by atoms with Crippen molar-refractivity contribution in [3.63, 3.8) is 0 Å². The highest BCUT2D eigenvalue weighted by atomic mass is 14.8. The summed E-state index contributed by atoms with van der Waals surface area (Å²) in [6, 6.07) is 0. The number of nitrogens with two attached hydrogens (primary N) is 1. The predicted octanol–water partition coefficient (Wildman–Crippen LogP) is 0.682. The summed E-state index contributed by atoms with van der Waals surface area (Å²) in [6.45, 7) is 4.09. The third-order valence-corrected chi connectivity index (χ3v) is 1.22. The van der Waals surface area contributed by atoms with Crippen LogP contribution in [0.3, 0.4) is 0 Å². The van der Waals surface area contributed by atoms with Crippen molar-refractivity contribution in [2.75, 3.05) is 7.05 Å². The molecule has 0 rings (SSSR count). The normalized spacial score (nSPS) is 11.8. The molecular formula is C7H15N3. The van der Waals surface area contributed by atoms with Gasteiger partial charge in [0.15, 0.2) is 0 Å². The van der Waals surface area contributed by atoms with Crippen LogP contribution in [0.1, 0.15) is 13.8 Å². The Morgan fingerprint density at radius 3 is 2.20 bits per heavy atom. The lowest BCUT2D eigenvalue weighted by Gasteiger charge is -2.09. The Kier molecular flexibility index (Phi) is 3.54. The Hall–Kier alpha value is -0.990. The van der Waals surface area contributed by atoms with Gasteiger partial charge in [0.25, 0.3) is 0 Å². The van der Waals surface area contributed by atoms with Crippen LogP contribution in [0, 0.1) is 11.3 Å². The quantitative estimate of drug-likeness (QED) is 0.400. The molecule has 0 aromatic carbocycles. The lowest BCUT2D eigenvalue weighted by molar-refractivity contribution is 0.700. The van der Waals surface area contributed by atoms with Crippen LogP contribution >= 0.6 is 0 Å². The van der Waals surface area contributed by atoms with Crippen molar-refractivity contribution in [1.29, 1.82) is 5.41 Å². The first-order valence-corrected chi connectivity index (χ1v) is 3.31. The number of hydrogen-bond acceptors (Lipinski definition) is 2. The number of amidine groups is 1. The van der Waals surface area contributed by atoms with Gasteiger partial charge >= 0.3 is 0 Å². The molecule has 0 bridgehead atoms. The Balaban J connectivity index is 4.18. The van der Waals surface area contributed by atoms with Gasteiger partial charge in [0.05, 0.1) is 0 Å². The van der Waals surface area contributed by atoms with Crippen molar-refractivity contribution in [2.45, 2.75) is 13.8 Å². The van der Waals surface area contributed by atoms with E-state index >= 15 is 0 Å². The van der Waals surface area contributed by atoms with Gasteiger partial charge < -0.3 is 11.1 Å². The SMILES string of the molecule is CN/C(=C\C(=N)N)C(C)C. The van der Waals surface area contributed by atoms with Gasteiger partial charge in [-0.1, -0.05) is 13.8 Å². The fourth-order valence-electron chi connectivity index (χ4n) is 0.695. The van der Waals surface area contributed by atoms with Crippen LogP contribution in [0.4, 0.5) is 0 Å². The summed E-state index contributed by atoms with van der Waals surface area (Å²) in [5.74, 6) is 0.493. The Morgan fingerprint density at radius 2 is 2.10 bits per heavy atom. The average Bonchev–Trinajstić information content (AvgIpc) is 1.81. The molecule has 0 atom stereocenters. The molecule has 3 nitrogen and oxygen atoms in total. The van der Waals surface area contributed by atoms with E-state index in [-0.39, 0.29) is 5.84 Å². The molecule has 0 radical (unpaired) electrons. The van der Waals surface area contributed by atoms with Crippen molar-refractivity contribution in [3.8, 4) is 0 Å². The molecule has 0 amide bonds. The van der Waals surface area contributed by atoms with E-state index in [0.717, 1.165) is 5.70 Å². The molecule has 0 saturated carbocycles. The van der Waals surface area contributed by atoms with E-state index in [1.807, 2.05) is 20.9 Å². The second-order valence-electron chi connectivity index (χ2n) is 2.46. The minimum atomic E-state index is 0.0954. The molecule has 0 spiro atoms. The molecule has 0 fully saturated rings. The lowest BCUT2D eigenvalue weighted by atomic mass is 10.1. The van der Waals surface area contributed by atoms with Crippen molar-refractivity contribution >= 4 is 5.84 Å². The maximum Gasteiger partial charge on any atom is 0.117 e. The van der Waals surface area contributed by atoms with Crippen LogP contribution in [0.5, 0.6) is 0 Å². The van der Waals surface area contributed by atoms with Crippen molar-refractivity contribution < 1.29 is 0 Å². The Labute approximate surface area is 61.8 Å². The molecule has 0 aliphatic rings. The van der Waals surface area contributed by atoms with E-state index < -0.39 is 0 Å². The maximum atomic E-state index is 6.98. The van der Waals surface area contributed by atoms with E-state index in [2.05, 4.69) is 5.32 Å². The Morgan fingerprint density at radius 1 is 1.60 bits per heavy atom. The summed E-state index contributed by atoms with van der Waals surface area (Å²) in [7, 11) is 1.83. The highest BCUT2D eigenvalue weighted by Gasteiger charge is 1.98. The molecule has 0 aliphatic heterocycles. The van der Waals surface area contributed by atoms with Crippen LogP contribution in [0.15, 0.2) is 11.8 Å². The molecule has 3 heteroatoms. The van der Waals surface area contributed by atoms with Crippen LogP contribution in [0.2, 0.25) is 0 Å². The topological polar surface area (TPSA) is 61.9 Å². The number of rotatable bonds is 3. The highest BCUT2D eigenvalue weighted by Crippen LogP contribution is 2.03. The van der Waals surface area contributed by atoms with Crippen molar-refractivity contribution in [2.24, 2.45) is 11.7 Å². The van der Waals surface area contributed by atoms with E-state index in [1.54, 1.807) is 6.08 Å². The fourth-order valence-corrected chi connectivity index (χ4v) is 0.695. The average molecular weight is 141 g/mol. The van der Waals surface area contributed by atoms with Crippen LogP contribution in [-0.2, 0) is 0 Å². The van der Waals surface area contributed by atoms with Gasteiger partial charge in [-0.15, -0.1) is 0 Å². The predicted molar refractivity (Wildman–Crippen MR) is 43.9 cm³/mol. The van der Waals surface area contributed by atoms with E-state index in [4.69, 9.17) is 11.1 Å². The van der Waals surface area contributed by atoms with E-state index in [9.17, 15) is 0 Å². The minimum Gasteiger partial charge on any atom is -0.391 e. The van der Waals surface area contributed by atoms with Gasteiger partial charge in [0.1, 0.15) is 5.84 Å². The number of nitrogens with one attached hydrogen (secondary N) is 2. The van der Waals surface area contributed by atoms with Crippen LogP contribution in [0.25, 0.3) is 0 Å². The smallest absolute Gasteiger partial charge is 0.117 e. The molecule has 10 heavy (non-hydrogen) atoms. The van der Waals surface area contributed by atoms with Crippen molar-refractivity contribution in [1.82, 2.24) is 5.32 Å². The first-order valence-electron chi connectivity index (χ1n) is 3.31. The molecule has 0 unspecified atom stereocenters.